The smallest absolute Gasteiger partial charge is 0.163 e. The summed E-state index contributed by atoms with van der Waals surface area (Å²) in [4.78, 5) is 0. The second-order valence-corrected chi connectivity index (χ2v) is 5.27. The fourth-order valence-electron chi connectivity index (χ4n) is 2.35. The van der Waals surface area contributed by atoms with Crippen LogP contribution in [0.3, 0.4) is 0 Å². The zero-order valence-electron chi connectivity index (χ0n) is 12.1. The zero-order chi connectivity index (χ0) is 14.6. The first-order valence-electron chi connectivity index (χ1n) is 6.63. The number of aliphatic hydroxyl groups is 1. The van der Waals surface area contributed by atoms with Gasteiger partial charge in [0.15, 0.2) is 5.79 Å². The second-order valence-electron chi connectivity index (χ2n) is 5.27. The summed E-state index contributed by atoms with van der Waals surface area (Å²) in [7, 11) is 1.65. The first kappa shape index (κ1) is 14.7. The number of rotatable bonds is 4. The average Bonchev–Trinajstić information content (AvgIpc) is 2.76. The number of ether oxygens (including phenoxy) is 3. The molecule has 20 heavy (non-hydrogen) atoms. The predicted molar refractivity (Wildman–Crippen MR) is 75.0 cm³/mol. The van der Waals surface area contributed by atoms with Crippen molar-refractivity contribution in [1.82, 2.24) is 0 Å². The minimum atomic E-state index is -0.516. The van der Waals surface area contributed by atoms with Crippen molar-refractivity contribution in [2.24, 2.45) is 0 Å². The molecule has 0 radical (unpaired) electrons. The van der Waals surface area contributed by atoms with E-state index < -0.39 is 5.79 Å². The summed E-state index contributed by atoms with van der Waals surface area (Å²) < 4.78 is 16.8. The molecule has 0 bridgehead atoms. The van der Waals surface area contributed by atoms with E-state index in [4.69, 9.17) is 19.3 Å². The Morgan fingerprint density at radius 2 is 2.25 bits per heavy atom. The van der Waals surface area contributed by atoms with Gasteiger partial charge in [0.1, 0.15) is 11.9 Å². The normalized spacial score (nSPS) is 20.2. The molecule has 1 heterocycles. The minimum absolute atomic E-state index is 0.0260. The number of hydrogen-bond donors (Lipinski definition) is 1. The molecule has 4 heteroatoms. The molecule has 1 fully saturated rings. The molecule has 1 N–H and O–H groups in total. The van der Waals surface area contributed by atoms with Crippen LogP contribution in [0.1, 0.15) is 25.0 Å². The molecule has 0 spiro atoms. The van der Waals surface area contributed by atoms with Crippen molar-refractivity contribution in [3.8, 4) is 17.8 Å². The van der Waals surface area contributed by atoms with Crippen LogP contribution in [0.4, 0.5) is 0 Å². The Kier molecular flexibility index (Phi) is 4.53. The first-order chi connectivity index (χ1) is 9.54. The maximum Gasteiger partial charge on any atom is 0.163 e. The molecule has 1 aliphatic heterocycles. The van der Waals surface area contributed by atoms with Crippen LogP contribution >= 0.6 is 0 Å². The Bertz CT molecular complexity index is 525. The average molecular weight is 276 g/mol. The van der Waals surface area contributed by atoms with E-state index in [1.54, 1.807) is 7.11 Å². The Morgan fingerprint density at radius 1 is 1.45 bits per heavy atom. The van der Waals surface area contributed by atoms with Gasteiger partial charge in [0.2, 0.25) is 0 Å². The van der Waals surface area contributed by atoms with Crippen LogP contribution in [-0.2, 0) is 22.3 Å². The summed E-state index contributed by atoms with van der Waals surface area (Å²) in [6, 6.07) is 5.91. The second kappa shape index (κ2) is 6.17. The lowest BCUT2D eigenvalue weighted by Gasteiger charge is -2.18. The van der Waals surface area contributed by atoms with Gasteiger partial charge in [-0.1, -0.05) is 18.1 Å². The molecule has 2 rings (SSSR count). The molecular weight excluding hydrogens is 256 g/mol. The van der Waals surface area contributed by atoms with Crippen molar-refractivity contribution in [2.45, 2.75) is 38.6 Å². The lowest BCUT2D eigenvalue weighted by Crippen LogP contribution is -2.22. The Labute approximate surface area is 119 Å². The molecule has 1 atom stereocenters. The monoisotopic (exact) mass is 276 g/mol. The van der Waals surface area contributed by atoms with Gasteiger partial charge in [0, 0.05) is 12.8 Å². The van der Waals surface area contributed by atoms with Gasteiger partial charge in [0.05, 0.1) is 19.8 Å². The lowest BCUT2D eigenvalue weighted by atomic mass is 10.0. The van der Waals surface area contributed by atoms with Crippen LogP contribution in [0.5, 0.6) is 5.75 Å². The summed E-state index contributed by atoms with van der Waals surface area (Å²) in [6.07, 6.45) is 3.19. The highest BCUT2D eigenvalue weighted by molar-refractivity contribution is 5.39. The van der Waals surface area contributed by atoms with E-state index in [0.717, 1.165) is 23.3 Å². The highest BCUT2D eigenvalue weighted by Crippen LogP contribution is 2.28. The van der Waals surface area contributed by atoms with E-state index in [1.807, 2.05) is 38.2 Å². The molecule has 108 valence electrons. The largest absolute Gasteiger partial charge is 0.496 e. The van der Waals surface area contributed by atoms with Crippen molar-refractivity contribution >= 4 is 0 Å². The molecule has 4 nitrogen and oxygen atoms in total. The predicted octanol–water partition coefficient (Wildman–Crippen LogP) is 2.27. The molecule has 0 aromatic heterocycles. The number of benzene rings is 1. The van der Waals surface area contributed by atoms with E-state index in [1.165, 1.54) is 0 Å². The van der Waals surface area contributed by atoms with Crippen LogP contribution in [-0.4, -0.2) is 30.7 Å². The molecule has 1 aliphatic rings. The maximum atomic E-state index is 8.56. The third-order valence-corrected chi connectivity index (χ3v) is 3.23. The fourth-order valence-corrected chi connectivity index (χ4v) is 2.35. The number of aliphatic hydroxyl groups excluding tert-OH is 1. The molecule has 1 saturated heterocycles. The molecular formula is C16H20O4. The summed E-state index contributed by atoms with van der Waals surface area (Å²) in [5, 5.41) is 8.56. The van der Waals surface area contributed by atoms with Crippen LogP contribution in [0.15, 0.2) is 18.2 Å². The topological polar surface area (TPSA) is 47.9 Å². The van der Waals surface area contributed by atoms with Gasteiger partial charge < -0.3 is 19.3 Å². The van der Waals surface area contributed by atoms with Crippen molar-refractivity contribution < 1.29 is 19.3 Å². The summed E-state index contributed by atoms with van der Waals surface area (Å²) >= 11 is 0. The van der Waals surface area contributed by atoms with Gasteiger partial charge in [-0.3, -0.25) is 0 Å². The molecule has 1 aromatic carbocycles. The number of hydrogen-bond acceptors (Lipinski definition) is 4. The Morgan fingerprint density at radius 3 is 2.85 bits per heavy atom. The number of methoxy groups -OCH3 is 1. The summed E-state index contributed by atoms with van der Waals surface area (Å²) in [5.74, 6) is 2.96. The van der Waals surface area contributed by atoms with Crippen LogP contribution in [0.25, 0.3) is 0 Å². The lowest BCUT2D eigenvalue weighted by molar-refractivity contribution is -0.138. The van der Waals surface area contributed by atoms with Gasteiger partial charge in [0.25, 0.3) is 0 Å². The maximum absolute atomic E-state index is 8.56. The summed E-state index contributed by atoms with van der Waals surface area (Å²) in [5.41, 5.74) is 2.11. The van der Waals surface area contributed by atoms with Crippen molar-refractivity contribution in [1.29, 1.82) is 0 Å². The van der Waals surface area contributed by atoms with Gasteiger partial charge in [-0.05, 0) is 31.0 Å². The molecule has 0 saturated carbocycles. The van der Waals surface area contributed by atoms with Crippen molar-refractivity contribution in [3.05, 3.63) is 29.3 Å². The molecule has 0 aliphatic carbocycles. The van der Waals surface area contributed by atoms with Gasteiger partial charge in [-0.25, -0.2) is 0 Å². The molecule has 1 aromatic rings. The quantitative estimate of drug-likeness (QED) is 0.857. The van der Waals surface area contributed by atoms with Crippen molar-refractivity contribution in [3.63, 3.8) is 0 Å². The highest BCUT2D eigenvalue weighted by atomic mass is 16.7. The minimum Gasteiger partial charge on any atom is -0.496 e. The third-order valence-electron chi connectivity index (χ3n) is 3.23. The van der Waals surface area contributed by atoms with E-state index in [2.05, 4.69) is 5.92 Å². The Hall–Kier alpha value is -1.70. The van der Waals surface area contributed by atoms with E-state index in [0.29, 0.717) is 13.0 Å². The van der Waals surface area contributed by atoms with Gasteiger partial charge in [-0.15, -0.1) is 0 Å². The molecule has 0 amide bonds. The molecule has 1 unspecified atom stereocenters. The van der Waals surface area contributed by atoms with E-state index in [9.17, 15) is 0 Å². The van der Waals surface area contributed by atoms with E-state index >= 15 is 0 Å². The van der Waals surface area contributed by atoms with Crippen LogP contribution < -0.4 is 4.74 Å². The van der Waals surface area contributed by atoms with E-state index in [-0.39, 0.29) is 6.10 Å². The van der Waals surface area contributed by atoms with Gasteiger partial charge in [-0.2, -0.15) is 0 Å². The third kappa shape index (κ3) is 3.66. The van der Waals surface area contributed by atoms with Crippen molar-refractivity contribution in [2.75, 3.05) is 13.7 Å². The first-order valence-corrected chi connectivity index (χ1v) is 6.63. The van der Waals surface area contributed by atoms with Gasteiger partial charge >= 0.3 is 0 Å². The Balaban J connectivity index is 2.13. The standard InChI is InChI=1S/C16H20O4/c1-16(2)19-11-14(20-16)10-13-9-12(5-4-8-17)6-7-15(13)18-3/h6-7,9,14,17H,5,10-11H2,1-3H3. The SMILES string of the molecule is COc1ccc(CC#CO)cc1CC1COC(C)(C)O1. The summed E-state index contributed by atoms with van der Waals surface area (Å²) in [6.45, 7) is 4.41. The highest BCUT2D eigenvalue weighted by Gasteiger charge is 2.33. The van der Waals surface area contributed by atoms with Crippen LogP contribution in [0, 0.1) is 12.0 Å². The zero-order valence-corrected chi connectivity index (χ0v) is 12.1. The van der Waals surface area contributed by atoms with Crippen LogP contribution in [0.2, 0.25) is 0 Å². The fraction of sp³-hybridized carbons (Fsp3) is 0.500.